The second kappa shape index (κ2) is 15.0. The van der Waals surface area contributed by atoms with E-state index in [1.54, 1.807) is 12.2 Å². The van der Waals surface area contributed by atoms with Crippen LogP contribution in [0.3, 0.4) is 0 Å². The molecule has 0 aliphatic heterocycles. The molecule has 0 fully saturated rings. The summed E-state index contributed by atoms with van der Waals surface area (Å²) in [5.74, 6) is -0.581. The number of carbonyl (C=O) groups is 2. The Hall–Kier alpha value is -1.38. The maximum Gasteiger partial charge on any atom is 0.303 e. The van der Waals surface area contributed by atoms with Crippen molar-refractivity contribution < 1.29 is 14.7 Å². The number of carboxylic acid groups (broad SMARTS) is 1. The summed E-state index contributed by atoms with van der Waals surface area (Å²) >= 11 is 0. The lowest BCUT2D eigenvalue weighted by atomic mass is 10.1. The van der Waals surface area contributed by atoms with E-state index in [2.05, 4.69) is 6.92 Å². The molecule has 0 unspecified atom stereocenters. The van der Waals surface area contributed by atoms with E-state index in [1.807, 2.05) is 12.2 Å². The number of carbonyl (C=O) groups excluding carboxylic acids is 1. The maximum absolute atomic E-state index is 11.6. The summed E-state index contributed by atoms with van der Waals surface area (Å²) in [5, 5.41) is 8.47. The molecule has 0 radical (unpaired) electrons. The molecule has 0 heterocycles. The number of unbranched alkanes of at least 4 members (excludes halogenated alkanes) is 7. The van der Waals surface area contributed by atoms with Gasteiger partial charge in [-0.1, -0.05) is 63.7 Å². The second-order valence-electron chi connectivity index (χ2n) is 5.41. The van der Waals surface area contributed by atoms with Gasteiger partial charge < -0.3 is 5.11 Å². The largest absolute Gasteiger partial charge is 0.481 e. The van der Waals surface area contributed by atoms with Gasteiger partial charge in [-0.2, -0.15) is 0 Å². The number of allylic oxidation sites excluding steroid dienone is 4. The van der Waals surface area contributed by atoms with E-state index < -0.39 is 5.97 Å². The van der Waals surface area contributed by atoms with Crippen molar-refractivity contribution >= 4 is 11.8 Å². The summed E-state index contributed by atoms with van der Waals surface area (Å²) in [6.07, 6.45) is 17.9. The third-order valence-electron chi connectivity index (χ3n) is 3.32. The van der Waals surface area contributed by atoms with Crippen LogP contribution in [0.4, 0.5) is 0 Å². The first-order valence-corrected chi connectivity index (χ1v) is 8.24. The Bertz CT molecular complexity index is 329. The minimum Gasteiger partial charge on any atom is -0.481 e. The highest BCUT2D eigenvalue weighted by Gasteiger charge is 1.96. The molecule has 0 saturated heterocycles. The number of hydrogen-bond acceptors (Lipinski definition) is 2. The van der Waals surface area contributed by atoms with Crippen LogP contribution in [0.2, 0.25) is 0 Å². The van der Waals surface area contributed by atoms with E-state index in [1.165, 1.54) is 32.1 Å². The summed E-state index contributed by atoms with van der Waals surface area (Å²) in [7, 11) is 0. The molecule has 0 spiro atoms. The van der Waals surface area contributed by atoms with Crippen LogP contribution in [0.1, 0.15) is 77.6 Å². The zero-order chi connectivity index (χ0) is 15.8. The molecular weight excluding hydrogens is 264 g/mol. The van der Waals surface area contributed by atoms with Crippen molar-refractivity contribution in [3.8, 4) is 0 Å². The van der Waals surface area contributed by atoms with Gasteiger partial charge in [-0.3, -0.25) is 9.59 Å². The van der Waals surface area contributed by atoms with Gasteiger partial charge in [0, 0.05) is 12.8 Å². The topological polar surface area (TPSA) is 54.4 Å². The molecule has 0 amide bonds. The van der Waals surface area contributed by atoms with E-state index >= 15 is 0 Å². The predicted molar refractivity (Wildman–Crippen MR) is 87.4 cm³/mol. The van der Waals surface area contributed by atoms with Crippen LogP contribution in [-0.2, 0) is 9.59 Å². The summed E-state index contributed by atoms with van der Waals surface area (Å²) in [6.45, 7) is 2.21. The molecule has 120 valence electrons. The van der Waals surface area contributed by atoms with Gasteiger partial charge in [-0.25, -0.2) is 0 Å². The molecule has 0 aliphatic rings. The van der Waals surface area contributed by atoms with Crippen molar-refractivity contribution in [3.63, 3.8) is 0 Å². The van der Waals surface area contributed by atoms with E-state index in [9.17, 15) is 9.59 Å². The lowest BCUT2D eigenvalue weighted by Crippen LogP contribution is -1.92. The molecule has 0 aromatic rings. The Labute approximate surface area is 129 Å². The number of carboxylic acids is 1. The van der Waals surface area contributed by atoms with Crippen molar-refractivity contribution in [2.45, 2.75) is 77.6 Å². The summed E-state index contributed by atoms with van der Waals surface area (Å²) in [4.78, 5) is 21.9. The highest BCUT2D eigenvalue weighted by Crippen LogP contribution is 2.08. The number of rotatable bonds is 14. The number of ketones is 1. The van der Waals surface area contributed by atoms with Gasteiger partial charge in [-0.15, -0.1) is 0 Å². The lowest BCUT2D eigenvalue weighted by Gasteiger charge is -1.99. The van der Waals surface area contributed by atoms with Crippen LogP contribution in [0.25, 0.3) is 0 Å². The average Bonchev–Trinajstić information content (AvgIpc) is 2.45. The van der Waals surface area contributed by atoms with E-state index in [0.29, 0.717) is 12.8 Å². The minimum atomic E-state index is -0.760. The molecular formula is C18H30O3. The van der Waals surface area contributed by atoms with Crippen molar-refractivity contribution in [1.82, 2.24) is 0 Å². The molecule has 0 aromatic heterocycles. The van der Waals surface area contributed by atoms with Gasteiger partial charge in [0.2, 0.25) is 0 Å². The minimum absolute atomic E-state index is 0.179. The molecule has 0 saturated carbocycles. The van der Waals surface area contributed by atoms with Crippen molar-refractivity contribution in [3.05, 3.63) is 24.3 Å². The maximum atomic E-state index is 11.6. The van der Waals surface area contributed by atoms with Crippen LogP contribution >= 0.6 is 0 Å². The molecule has 0 aromatic carbocycles. The third kappa shape index (κ3) is 16.6. The zero-order valence-electron chi connectivity index (χ0n) is 13.4. The van der Waals surface area contributed by atoms with Gasteiger partial charge in [0.15, 0.2) is 5.78 Å². The third-order valence-corrected chi connectivity index (χ3v) is 3.32. The van der Waals surface area contributed by atoms with E-state index in [-0.39, 0.29) is 12.2 Å². The molecule has 0 bridgehead atoms. The first-order valence-electron chi connectivity index (χ1n) is 8.24. The Morgan fingerprint density at radius 2 is 1.52 bits per heavy atom. The van der Waals surface area contributed by atoms with Gasteiger partial charge in [0.1, 0.15) is 0 Å². The first-order chi connectivity index (χ1) is 10.2. The van der Waals surface area contributed by atoms with Crippen molar-refractivity contribution in [2.24, 2.45) is 0 Å². The lowest BCUT2D eigenvalue weighted by molar-refractivity contribution is -0.137. The summed E-state index contributed by atoms with van der Waals surface area (Å²) in [6, 6.07) is 0. The highest BCUT2D eigenvalue weighted by atomic mass is 16.4. The van der Waals surface area contributed by atoms with E-state index in [4.69, 9.17) is 5.11 Å². The number of hydrogen-bond donors (Lipinski definition) is 1. The Morgan fingerprint density at radius 1 is 0.857 bits per heavy atom. The molecule has 3 heteroatoms. The average molecular weight is 294 g/mol. The zero-order valence-corrected chi connectivity index (χ0v) is 13.4. The van der Waals surface area contributed by atoms with Crippen LogP contribution < -0.4 is 0 Å². The Kier molecular flexibility index (Phi) is 14.0. The predicted octanol–water partition coefficient (Wildman–Crippen LogP) is 5.06. The molecule has 1 N–H and O–H groups in total. The van der Waals surface area contributed by atoms with Gasteiger partial charge in [0.25, 0.3) is 0 Å². The van der Waals surface area contributed by atoms with Crippen LogP contribution in [0.5, 0.6) is 0 Å². The van der Waals surface area contributed by atoms with Crippen molar-refractivity contribution in [2.75, 3.05) is 0 Å². The second-order valence-corrected chi connectivity index (χ2v) is 5.41. The number of aliphatic carboxylic acids is 1. The smallest absolute Gasteiger partial charge is 0.303 e. The van der Waals surface area contributed by atoms with Gasteiger partial charge in [0.05, 0.1) is 0 Å². The summed E-state index contributed by atoms with van der Waals surface area (Å²) in [5.41, 5.74) is 0. The monoisotopic (exact) mass is 294 g/mol. The summed E-state index contributed by atoms with van der Waals surface area (Å²) < 4.78 is 0. The molecule has 0 rings (SSSR count). The van der Waals surface area contributed by atoms with Crippen LogP contribution in [0.15, 0.2) is 24.3 Å². The van der Waals surface area contributed by atoms with Gasteiger partial charge >= 0.3 is 5.97 Å². The van der Waals surface area contributed by atoms with E-state index in [0.717, 1.165) is 19.3 Å². The highest BCUT2D eigenvalue weighted by molar-refractivity contribution is 5.89. The molecule has 0 aliphatic carbocycles. The van der Waals surface area contributed by atoms with Crippen LogP contribution in [0, 0.1) is 0 Å². The van der Waals surface area contributed by atoms with Crippen molar-refractivity contribution in [1.29, 1.82) is 0 Å². The Balaban J connectivity index is 3.45. The normalized spacial score (nSPS) is 11.5. The fraction of sp³-hybridized carbons (Fsp3) is 0.667. The molecule has 3 nitrogen and oxygen atoms in total. The molecule has 0 atom stereocenters. The standard InChI is InChI=1S/C18H30O3/c1-2-3-4-5-6-8-11-14-17(19)15-12-9-7-10-13-16-18(20)21/h7,9,12,15H,2-6,8,10-11,13-14,16H2,1H3,(H,20,21)/b9-7+,15-12+. The fourth-order valence-corrected chi connectivity index (χ4v) is 2.05. The van der Waals surface area contributed by atoms with Gasteiger partial charge in [-0.05, 0) is 25.3 Å². The Morgan fingerprint density at radius 3 is 2.19 bits per heavy atom. The molecule has 21 heavy (non-hydrogen) atoms. The SMILES string of the molecule is CCCCCCCCCC(=O)/C=C/C=C/CCCC(=O)O. The fourth-order valence-electron chi connectivity index (χ4n) is 2.05. The quantitative estimate of drug-likeness (QED) is 0.277. The van der Waals surface area contributed by atoms with Crippen LogP contribution in [-0.4, -0.2) is 16.9 Å². The first kappa shape index (κ1) is 19.6.